The molecule has 1 aromatic carbocycles. The first-order valence-corrected chi connectivity index (χ1v) is 8.35. The highest BCUT2D eigenvalue weighted by molar-refractivity contribution is 7.18. The molecule has 0 unspecified atom stereocenters. The number of thiazole rings is 1. The SMILES string of the molecule is Cc1nc(-c2ccccc2)sc1-c1nc2c(C)cccn2c1N=O. The molecule has 0 N–H and O–H groups in total. The zero-order valence-corrected chi connectivity index (χ0v) is 14.0. The minimum atomic E-state index is 0.320. The molecule has 0 aliphatic carbocycles. The third-order valence-corrected chi connectivity index (χ3v) is 5.15. The van der Waals surface area contributed by atoms with Crippen molar-refractivity contribution >= 4 is 22.8 Å². The smallest absolute Gasteiger partial charge is 0.210 e. The molecule has 0 bridgehead atoms. The van der Waals surface area contributed by atoms with Gasteiger partial charge in [0.25, 0.3) is 0 Å². The number of nitroso groups, excluding NO2 is 1. The summed E-state index contributed by atoms with van der Waals surface area (Å²) in [7, 11) is 0. The largest absolute Gasteiger partial charge is 0.281 e. The van der Waals surface area contributed by atoms with Crippen molar-refractivity contribution in [1.29, 1.82) is 0 Å². The molecule has 3 aromatic heterocycles. The molecule has 24 heavy (non-hydrogen) atoms. The van der Waals surface area contributed by atoms with E-state index >= 15 is 0 Å². The first-order chi connectivity index (χ1) is 11.7. The van der Waals surface area contributed by atoms with Crippen LogP contribution < -0.4 is 0 Å². The van der Waals surface area contributed by atoms with Crippen LogP contribution >= 0.6 is 11.3 Å². The maximum Gasteiger partial charge on any atom is 0.210 e. The van der Waals surface area contributed by atoms with Crippen LogP contribution in [0.3, 0.4) is 0 Å². The zero-order chi connectivity index (χ0) is 16.7. The van der Waals surface area contributed by atoms with E-state index in [2.05, 4.69) is 15.1 Å². The van der Waals surface area contributed by atoms with Crippen molar-refractivity contribution < 1.29 is 0 Å². The van der Waals surface area contributed by atoms with Crippen LogP contribution in [0.1, 0.15) is 11.3 Å². The lowest BCUT2D eigenvalue weighted by molar-refractivity contribution is 1.14. The van der Waals surface area contributed by atoms with Crippen LogP contribution in [0.4, 0.5) is 5.82 Å². The van der Waals surface area contributed by atoms with E-state index in [1.807, 2.05) is 62.5 Å². The Kier molecular flexibility index (Phi) is 3.46. The van der Waals surface area contributed by atoms with Gasteiger partial charge in [0, 0.05) is 11.8 Å². The van der Waals surface area contributed by atoms with E-state index < -0.39 is 0 Å². The van der Waals surface area contributed by atoms with Gasteiger partial charge in [0.2, 0.25) is 5.82 Å². The molecule has 0 aliphatic heterocycles. The Hall–Kier alpha value is -2.86. The molecular formula is C18H14N4OS. The van der Waals surface area contributed by atoms with Crippen LogP contribution in [0.2, 0.25) is 0 Å². The standard InChI is InChI=1S/C18H14N4OS/c1-11-7-6-10-22-16(11)20-14(17(22)21-23)15-12(2)19-18(24-15)13-8-4-3-5-9-13/h3-10H,1-2H3. The Morgan fingerprint density at radius 2 is 1.83 bits per heavy atom. The van der Waals surface area contributed by atoms with Crippen LogP contribution in [0, 0.1) is 18.8 Å². The van der Waals surface area contributed by atoms with Gasteiger partial charge in [-0.25, -0.2) is 9.97 Å². The summed E-state index contributed by atoms with van der Waals surface area (Å²) in [6.45, 7) is 3.90. The molecule has 0 saturated heterocycles. The van der Waals surface area contributed by atoms with Crippen molar-refractivity contribution in [1.82, 2.24) is 14.4 Å². The fourth-order valence-corrected chi connectivity index (χ4v) is 3.81. The topological polar surface area (TPSA) is 59.6 Å². The number of nitrogens with zero attached hydrogens (tertiary/aromatic N) is 4. The van der Waals surface area contributed by atoms with Crippen molar-refractivity contribution in [2.75, 3.05) is 0 Å². The Labute approximate surface area is 142 Å². The number of hydrogen-bond donors (Lipinski definition) is 0. The van der Waals surface area contributed by atoms with Gasteiger partial charge in [0.05, 0.1) is 10.6 Å². The predicted octanol–water partition coefficient (Wildman–Crippen LogP) is 5.14. The molecule has 0 amide bonds. The van der Waals surface area contributed by atoms with Gasteiger partial charge in [-0.1, -0.05) is 36.4 Å². The first kappa shape index (κ1) is 14.7. The van der Waals surface area contributed by atoms with Crippen LogP contribution in [0.15, 0.2) is 53.8 Å². The van der Waals surface area contributed by atoms with Gasteiger partial charge in [-0.3, -0.25) is 4.40 Å². The van der Waals surface area contributed by atoms with E-state index in [1.165, 1.54) is 11.3 Å². The van der Waals surface area contributed by atoms with E-state index in [1.54, 1.807) is 4.40 Å². The maximum absolute atomic E-state index is 11.4. The molecule has 5 nitrogen and oxygen atoms in total. The van der Waals surface area contributed by atoms with Crippen molar-refractivity contribution in [2.24, 2.45) is 5.18 Å². The van der Waals surface area contributed by atoms with Gasteiger partial charge in [0.1, 0.15) is 16.3 Å². The first-order valence-electron chi connectivity index (χ1n) is 7.53. The van der Waals surface area contributed by atoms with Gasteiger partial charge >= 0.3 is 0 Å². The molecule has 4 rings (SSSR count). The van der Waals surface area contributed by atoms with Crippen LogP contribution in [-0.4, -0.2) is 14.4 Å². The van der Waals surface area contributed by atoms with E-state index in [-0.39, 0.29) is 0 Å². The molecule has 118 valence electrons. The quantitative estimate of drug-likeness (QED) is 0.487. The third-order valence-electron chi connectivity index (χ3n) is 3.94. The number of fused-ring (bicyclic) bond motifs is 1. The highest BCUT2D eigenvalue weighted by Crippen LogP contribution is 2.39. The fraction of sp³-hybridized carbons (Fsp3) is 0.111. The Balaban J connectivity index is 1.94. The average Bonchev–Trinajstić information content (AvgIpc) is 3.16. The number of aromatic nitrogens is 3. The van der Waals surface area contributed by atoms with Gasteiger partial charge in [-0.05, 0) is 30.7 Å². The molecule has 4 aromatic rings. The molecule has 6 heteroatoms. The molecule has 0 fully saturated rings. The van der Waals surface area contributed by atoms with Gasteiger partial charge in [0.15, 0.2) is 0 Å². The summed E-state index contributed by atoms with van der Waals surface area (Å²) in [5, 5.41) is 4.14. The highest BCUT2D eigenvalue weighted by atomic mass is 32.1. The number of aryl methyl sites for hydroxylation is 2. The lowest BCUT2D eigenvalue weighted by atomic mass is 10.2. The number of imidazole rings is 1. The maximum atomic E-state index is 11.4. The second-order valence-corrected chi connectivity index (χ2v) is 6.56. The third kappa shape index (κ3) is 2.23. The summed E-state index contributed by atoms with van der Waals surface area (Å²) >= 11 is 1.53. The molecule has 0 saturated carbocycles. The van der Waals surface area contributed by atoms with Crippen molar-refractivity contribution in [3.8, 4) is 21.1 Å². The number of benzene rings is 1. The summed E-state index contributed by atoms with van der Waals surface area (Å²) < 4.78 is 1.74. The summed E-state index contributed by atoms with van der Waals surface area (Å²) in [5.74, 6) is 0.320. The number of hydrogen-bond acceptors (Lipinski definition) is 5. The number of pyridine rings is 1. The van der Waals surface area contributed by atoms with Crippen LogP contribution in [0.25, 0.3) is 26.8 Å². The molecule has 0 radical (unpaired) electrons. The van der Waals surface area contributed by atoms with E-state index in [4.69, 9.17) is 0 Å². The summed E-state index contributed by atoms with van der Waals surface area (Å²) in [6.07, 6.45) is 1.81. The van der Waals surface area contributed by atoms with Gasteiger partial charge < -0.3 is 0 Å². The molecular weight excluding hydrogens is 320 g/mol. The molecule has 3 heterocycles. The van der Waals surface area contributed by atoms with Gasteiger partial charge in [-0.2, -0.15) is 0 Å². The molecule has 0 spiro atoms. The van der Waals surface area contributed by atoms with Crippen molar-refractivity contribution in [3.63, 3.8) is 0 Å². The molecule has 0 atom stereocenters. The van der Waals surface area contributed by atoms with E-state index in [0.29, 0.717) is 11.5 Å². The minimum absolute atomic E-state index is 0.320. The monoisotopic (exact) mass is 334 g/mol. The van der Waals surface area contributed by atoms with Crippen LogP contribution in [0.5, 0.6) is 0 Å². The molecule has 0 aliphatic rings. The Bertz CT molecular complexity index is 1050. The van der Waals surface area contributed by atoms with E-state index in [0.717, 1.165) is 32.4 Å². The summed E-state index contributed by atoms with van der Waals surface area (Å²) in [5.41, 5.74) is 4.24. The lowest BCUT2D eigenvalue weighted by Crippen LogP contribution is -1.85. The predicted molar refractivity (Wildman–Crippen MR) is 96.7 cm³/mol. The zero-order valence-electron chi connectivity index (χ0n) is 13.2. The van der Waals surface area contributed by atoms with Crippen LogP contribution in [-0.2, 0) is 0 Å². The Morgan fingerprint density at radius 1 is 1.04 bits per heavy atom. The normalized spacial score (nSPS) is 11.1. The van der Waals surface area contributed by atoms with Gasteiger partial charge in [-0.15, -0.1) is 16.2 Å². The average molecular weight is 334 g/mol. The minimum Gasteiger partial charge on any atom is -0.281 e. The lowest BCUT2D eigenvalue weighted by Gasteiger charge is -1.96. The number of rotatable bonds is 3. The summed E-state index contributed by atoms with van der Waals surface area (Å²) in [4.78, 5) is 21.6. The summed E-state index contributed by atoms with van der Waals surface area (Å²) in [6, 6.07) is 13.8. The Morgan fingerprint density at radius 3 is 2.58 bits per heavy atom. The van der Waals surface area contributed by atoms with E-state index in [9.17, 15) is 4.91 Å². The van der Waals surface area contributed by atoms with Crippen molar-refractivity contribution in [2.45, 2.75) is 13.8 Å². The second-order valence-electron chi connectivity index (χ2n) is 5.56. The van der Waals surface area contributed by atoms with Crippen molar-refractivity contribution in [3.05, 3.63) is 64.8 Å². The fourth-order valence-electron chi connectivity index (χ4n) is 2.75. The highest BCUT2D eigenvalue weighted by Gasteiger charge is 2.21. The second kappa shape index (κ2) is 5.65.